The maximum Gasteiger partial charge on any atom is 0.0664 e. The van der Waals surface area contributed by atoms with E-state index in [1.54, 1.807) is 0 Å². The molecule has 0 saturated heterocycles. The van der Waals surface area contributed by atoms with E-state index in [0.29, 0.717) is 12.6 Å². The van der Waals surface area contributed by atoms with Crippen LogP contribution in [0.5, 0.6) is 0 Å². The number of aliphatic hydroxyl groups excluding tert-OH is 1. The minimum absolute atomic E-state index is 0.207. The van der Waals surface area contributed by atoms with E-state index in [0.717, 1.165) is 18.8 Å². The number of benzene rings is 1. The minimum atomic E-state index is -0.207. The van der Waals surface area contributed by atoms with Gasteiger partial charge in [0.2, 0.25) is 0 Å². The summed E-state index contributed by atoms with van der Waals surface area (Å²) in [7, 11) is 0. The van der Waals surface area contributed by atoms with Crippen LogP contribution in [0.4, 0.5) is 0 Å². The van der Waals surface area contributed by atoms with Crippen LogP contribution >= 0.6 is 0 Å². The van der Waals surface area contributed by atoms with Crippen molar-refractivity contribution in [1.82, 2.24) is 5.32 Å². The van der Waals surface area contributed by atoms with Gasteiger partial charge in [0.05, 0.1) is 6.10 Å². The van der Waals surface area contributed by atoms with Gasteiger partial charge in [-0.2, -0.15) is 0 Å². The monoisotopic (exact) mass is 247 g/mol. The topological polar surface area (TPSA) is 32.3 Å². The fourth-order valence-corrected chi connectivity index (χ4v) is 2.46. The highest BCUT2D eigenvalue weighted by molar-refractivity contribution is 5.25. The van der Waals surface area contributed by atoms with Gasteiger partial charge in [-0.25, -0.2) is 0 Å². The molecule has 0 bridgehead atoms. The van der Waals surface area contributed by atoms with Crippen molar-refractivity contribution in [2.24, 2.45) is 5.92 Å². The van der Waals surface area contributed by atoms with Gasteiger partial charge >= 0.3 is 0 Å². The number of aryl methyl sites for hydroxylation is 1. The van der Waals surface area contributed by atoms with Gasteiger partial charge in [-0.15, -0.1) is 0 Å². The Kier molecular flexibility index (Phi) is 4.79. The Bertz CT molecular complexity index is 356. The van der Waals surface area contributed by atoms with E-state index in [2.05, 4.69) is 43.4 Å². The van der Waals surface area contributed by atoms with Crippen LogP contribution in [0.25, 0.3) is 0 Å². The first-order valence-electron chi connectivity index (χ1n) is 7.18. The zero-order chi connectivity index (χ0) is 13.0. The summed E-state index contributed by atoms with van der Waals surface area (Å²) >= 11 is 0. The number of aliphatic hydroxyl groups is 1. The Balaban J connectivity index is 1.94. The Morgan fingerprint density at radius 1 is 1.28 bits per heavy atom. The first-order valence-corrected chi connectivity index (χ1v) is 7.18. The number of hydrogen-bond donors (Lipinski definition) is 2. The lowest BCUT2D eigenvalue weighted by Gasteiger charge is -2.21. The molecular weight excluding hydrogens is 222 g/mol. The SMILES string of the molecule is CCCC(O)CNC(c1ccc(C)cc1)C1CC1. The Labute approximate surface area is 110 Å². The van der Waals surface area contributed by atoms with Gasteiger partial charge in [0.25, 0.3) is 0 Å². The van der Waals surface area contributed by atoms with Gasteiger partial charge in [-0.3, -0.25) is 0 Å². The molecule has 0 amide bonds. The molecule has 1 aliphatic carbocycles. The minimum Gasteiger partial charge on any atom is -0.392 e. The van der Waals surface area contributed by atoms with Crippen molar-refractivity contribution in [3.63, 3.8) is 0 Å². The first kappa shape index (κ1) is 13.6. The van der Waals surface area contributed by atoms with Crippen molar-refractivity contribution in [2.75, 3.05) is 6.54 Å². The van der Waals surface area contributed by atoms with Crippen LogP contribution in [0, 0.1) is 12.8 Å². The van der Waals surface area contributed by atoms with E-state index in [9.17, 15) is 5.11 Å². The van der Waals surface area contributed by atoms with Gasteiger partial charge in [0.15, 0.2) is 0 Å². The maximum atomic E-state index is 9.83. The molecule has 1 aromatic rings. The molecule has 100 valence electrons. The van der Waals surface area contributed by atoms with Gasteiger partial charge in [-0.05, 0) is 37.7 Å². The van der Waals surface area contributed by atoms with Crippen molar-refractivity contribution in [3.8, 4) is 0 Å². The van der Waals surface area contributed by atoms with E-state index in [-0.39, 0.29) is 6.10 Å². The van der Waals surface area contributed by atoms with E-state index < -0.39 is 0 Å². The van der Waals surface area contributed by atoms with E-state index >= 15 is 0 Å². The second-order valence-electron chi connectivity index (χ2n) is 5.58. The maximum absolute atomic E-state index is 9.83. The highest BCUT2D eigenvalue weighted by atomic mass is 16.3. The molecule has 1 saturated carbocycles. The molecule has 0 aliphatic heterocycles. The summed E-state index contributed by atoms with van der Waals surface area (Å²) in [6, 6.07) is 9.22. The molecule has 1 aromatic carbocycles. The van der Waals surface area contributed by atoms with Gasteiger partial charge in [0.1, 0.15) is 0 Å². The van der Waals surface area contributed by atoms with Crippen LogP contribution in [0.2, 0.25) is 0 Å². The highest BCUT2D eigenvalue weighted by Gasteiger charge is 2.32. The molecule has 2 heteroatoms. The third-order valence-corrected chi connectivity index (χ3v) is 3.73. The lowest BCUT2D eigenvalue weighted by Crippen LogP contribution is -2.31. The quantitative estimate of drug-likeness (QED) is 0.775. The van der Waals surface area contributed by atoms with E-state index in [1.807, 2.05) is 0 Å². The Morgan fingerprint density at radius 3 is 2.50 bits per heavy atom. The molecule has 0 spiro atoms. The molecule has 1 aliphatic rings. The van der Waals surface area contributed by atoms with Gasteiger partial charge < -0.3 is 10.4 Å². The molecule has 2 atom stereocenters. The molecule has 0 heterocycles. The van der Waals surface area contributed by atoms with Crippen LogP contribution in [-0.2, 0) is 0 Å². The van der Waals surface area contributed by atoms with Crippen LogP contribution in [0.15, 0.2) is 24.3 Å². The predicted molar refractivity (Wildman–Crippen MR) is 75.6 cm³/mol. The van der Waals surface area contributed by atoms with Crippen LogP contribution in [-0.4, -0.2) is 17.8 Å². The predicted octanol–water partition coefficient (Wildman–Crippen LogP) is 3.20. The molecule has 2 rings (SSSR count). The summed E-state index contributed by atoms with van der Waals surface area (Å²) in [5.41, 5.74) is 2.67. The fourth-order valence-electron chi connectivity index (χ4n) is 2.46. The lowest BCUT2D eigenvalue weighted by atomic mass is 10.0. The zero-order valence-corrected chi connectivity index (χ0v) is 11.5. The highest BCUT2D eigenvalue weighted by Crippen LogP contribution is 2.40. The largest absolute Gasteiger partial charge is 0.392 e. The van der Waals surface area contributed by atoms with Crippen molar-refractivity contribution in [3.05, 3.63) is 35.4 Å². The van der Waals surface area contributed by atoms with E-state index in [1.165, 1.54) is 24.0 Å². The summed E-state index contributed by atoms with van der Waals surface area (Å²) in [4.78, 5) is 0. The van der Waals surface area contributed by atoms with Gasteiger partial charge in [0, 0.05) is 12.6 Å². The summed E-state index contributed by atoms with van der Waals surface area (Å²) in [6.45, 7) is 4.94. The summed E-state index contributed by atoms with van der Waals surface area (Å²) in [5.74, 6) is 0.765. The number of nitrogens with one attached hydrogen (secondary N) is 1. The number of hydrogen-bond acceptors (Lipinski definition) is 2. The normalized spacial score (nSPS) is 18.6. The standard InChI is InChI=1S/C16H25NO/c1-3-4-15(18)11-17-16(14-9-10-14)13-7-5-12(2)6-8-13/h5-8,14-18H,3-4,9-11H2,1-2H3. The Morgan fingerprint density at radius 2 is 1.94 bits per heavy atom. The molecule has 18 heavy (non-hydrogen) atoms. The third-order valence-electron chi connectivity index (χ3n) is 3.73. The average Bonchev–Trinajstić information content (AvgIpc) is 3.16. The molecule has 2 N–H and O–H groups in total. The second-order valence-corrected chi connectivity index (χ2v) is 5.58. The molecule has 2 nitrogen and oxygen atoms in total. The van der Waals surface area contributed by atoms with Crippen molar-refractivity contribution in [2.45, 2.75) is 51.7 Å². The summed E-state index contributed by atoms with van der Waals surface area (Å²) < 4.78 is 0. The molecule has 0 aromatic heterocycles. The van der Waals surface area contributed by atoms with Crippen molar-refractivity contribution >= 4 is 0 Å². The lowest BCUT2D eigenvalue weighted by molar-refractivity contribution is 0.155. The van der Waals surface area contributed by atoms with E-state index in [4.69, 9.17) is 0 Å². The Hall–Kier alpha value is -0.860. The van der Waals surface area contributed by atoms with Crippen LogP contribution in [0.1, 0.15) is 49.8 Å². The summed E-state index contributed by atoms with van der Waals surface area (Å²) in [6.07, 6.45) is 4.35. The van der Waals surface area contributed by atoms with Gasteiger partial charge in [-0.1, -0.05) is 43.2 Å². The van der Waals surface area contributed by atoms with Crippen molar-refractivity contribution < 1.29 is 5.11 Å². The first-order chi connectivity index (χ1) is 8.70. The van der Waals surface area contributed by atoms with Crippen LogP contribution in [0.3, 0.4) is 0 Å². The summed E-state index contributed by atoms with van der Waals surface area (Å²) in [5, 5.41) is 13.4. The smallest absolute Gasteiger partial charge is 0.0664 e. The van der Waals surface area contributed by atoms with Crippen LogP contribution < -0.4 is 5.32 Å². The number of rotatable bonds is 7. The fraction of sp³-hybridized carbons (Fsp3) is 0.625. The van der Waals surface area contributed by atoms with Crippen molar-refractivity contribution in [1.29, 1.82) is 0 Å². The second kappa shape index (κ2) is 6.35. The molecule has 0 radical (unpaired) electrons. The average molecular weight is 247 g/mol. The molecular formula is C16H25NO. The zero-order valence-electron chi connectivity index (χ0n) is 11.5. The molecule has 2 unspecified atom stereocenters. The third kappa shape index (κ3) is 3.82. The molecule has 1 fully saturated rings.